The van der Waals surface area contributed by atoms with E-state index in [9.17, 15) is 13.2 Å². The van der Waals surface area contributed by atoms with Crippen molar-refractivity contribution in [3.8, 4) is 0 Å². The lowest BCUT2D eigenvalue weighted by Crippen LogP contribution is -2.17. The molecule has 0 unspecified atom stereocenters. The van der Waals surface area contributed by atoms with Crippen LogP contribution in [0.1, 0.15) is 18.4 Å². The first-order valence-electron chi connectivity index (χ1n) is 5.52. The molecule has 1 aliphatic carbocycles. The molecule has 0 heterocycles. The van der Waals surface area contributed by atoms with Crippen molar-refractivity contribution in [1.82, 2.24) is 0 Å². The predicted octanol–water partition coefficient (Wildman–Crippen LogP) is 4.67. The minimum absolute atomic E-state index is 0.206. The van der Waals surface area contributed by atoms with Gasteiger partial charge in [-0.25, -0.2) is 0 Å². The van der Waals surface area contributed by atoms with Gasteiger partial charge in [0.25, 0.3) is 0 Å². The average Bonchev–Trinajstić information content (AvgIpc) is 3.07. The minimum atomic E-state index is -4.41. The zero-order valence-electron chi connectivity index (χ0n) is 9.77. The number of hydrogen-bond donors (Lipinski definition) is 1. The summed E-state index contributed by atoms with van der Waals surface area (Å²) in [4.78, 5) is 0. The van der Waals surface area contributed by atoms with Gasteiger partial charge in [-0.15, -0.1) is 0 Å². The van der Waals surface area contributed by atoms with Crippen LogP contribution >= 0.6 is 23.4 Å². The quantitative estimate of drug-likeness (QED) is 0.866. The maximum absolute atomic E-state index is 12.7. The second kappa shape index (κ2) is 4.85. The summed E-state index contributed by atoms with van der Waals surface area (Å²) in [5.74, 6) is 0. The molecule has 1 aromatic carbocycles. The molecule has 0 aromatic heterocycles. The standard InChI is InChI=1S/C12H13ClF3NS/c1-18-11(4-5-11)7-17-8-2-3-10(13)9(6-8)12(14,15)16/h2-3,6,17H,4-5,7H2,1H3. The van der Waals surface area contributed by atoms with E-state index in [1.807, 2.05) is 6.26 Å². The fourth-order valence-electron chi connectivity index (χ4n) is 1.71. The maximum atomic E-state index is 12.7. The van der Waals surface area contributed by atoms with Gasteiger partial charge in [-0.05, 0) is 37.3 Å². The fourth-order valence-corrected chi connectivity index (χ4v) is 2.66. The molecule has 1 nitrogen and oxygen atoms in total. The first kappa shape index (κ1) is 13.9. The number of thioether (sulfide) groups is 1. The molecule has 2 rings (SSSR count). The lowest BCUT2D eigenvalue weighted by Gasteiger charge is -2.16. The number of hydrogen-bond acceptors (Lipinski definition) is 2. The number of benzene rings is 1. The Morgan fingerprint density at radius 1 is 1.39 bits per heavy atom. The van der Waals surface area contributed by atoms with Gasteiger partial charge in [0, 0.05) is 17.0 Å². The van der Waals surface area contributed by atoms with Crippen LogP contribution in [0, 0.1) is 0 Å². The zero-order valence-corrected chi connectivity index (χ0v) is 11.3. The second-order valence-electron chi connectivity index (χ2n) is 4.43. The Bertz CT molecular complexity index is 443. The van der Waals surface area contributed by atoms with Gasteiger partial charge in [0.05, 0.1) is 10.6 Å². The van der Waals surface area contributed by atoms with Gasteiger partial charge in [0.1, 0.15) is 0 Å². The van der Waals surface area contributed by atoms with Gasteiger partial charge in [0.15, 0.2) is 0 Å². The van der Waals surface area contributed by atoms with Crippen LogP contribution in [0.15, 0.2) is 18.2 Å². The normalized spacial score (nSPS) is 17.6. The van der Waals surface area contributed by atoms with E-state index < -0.39 is 11.7 Å². The first-order chi connectivity index (χ1) is 8.36. The Morgan fingerprint density at radius 3 is 2.56 bits per heavy atom. The van der Waals surface area contributed by atoms with Crippen LogP contribution in [-0.4, -0.2) is 17.5 Å². The summed E-state index contributed by atoms with van der Waals surface area (Å²) < 4.78 is 38.2. The van der Waals surface area contributed by atoms with Gasteiger partial charge in [-0.2, -0.15) is 24.9 Å². The summed E-state index contributed by atoms with van der Waals surface area (Å²) in [5.41, 5.74) is -0.324. The second-order valence-corrected chi connectivity index (χ2v) is 6.11. The molecule has 1 aliphatic rings. The Morgan fingerprint density at radius 2 is 2.06 bits per heavy atom. The molecule has 0 amide bonds. The van der Waals surface area contributed by atoms with Gasteiger partial charge in [-0.3, -0.25) is 0 Å². The molecule has 0 saturated heterocycles. The van der Waals surface area contributed by atoms with Crippen molar-refractivity contribution in [1.29, 1.82) is 0 Å². The first-order valence-corrected chi connectivity index (χ1v) is 7.12. The van der Waals surface area contributed by atoms with E-state index >= 15 is 0 Å². The lowest BCUT2D eigenvalue weighted by atomic mass is 10.2. The van der Waals surface area contributed by atoms with E-state index in [0.29, 0.717) is 12.2 Å². The van der Waals surface area contributed by atoms with E-state index in [-0.39, 0.29) is 9.77 Å². The largest absolute Gasteiger partial charge is 0.417 e. The smallest absolute Gasteiger partial charge is 0.384 e. The number of halogens is 4. The Balaban J connectivity index is 2.10. The van der Waals surface area contributed by atoms with Crippen molar-refractivity contribution in [2.45, 2.75) is 23.8 Å². The molecule has 1 aromatic rings. The molecule has 100 valence electrons. The Kier molecular flexibility index (Phi) is 3.74. The van der Waals surface area contributed by atoms with Crippen LogP contribution in [0.2, 0.25) is 5.02 Å². The molecule has 6 heteroatoms. The lowest BCUT2D eigenvalue weighted by molar-refractivity contribution is -0.137. The van der Waals surface area contributed by atoms with Gasteiger partial charge in [-0.1, -0.05) is 11.6 Å². The van der Waals surface area contributed by atoms with Crippen LogP contribution in [0.4, 0.5) is 18.9 Å². The molecule has 0 spiro atoms. The third-order valence-corrected chi connectivity index (χ3v) is 4.88. The van der Waals surface area contributed by atoms with Crippen LogP contribution in [0.5, 0.6) is 0 Å². The van der Waals surface area contributed by atoms with E-state index in [0.717, 1.165) is 18.9 Å². The third-order valence-electron chi connectivity index (χ3n) is 3.13. The van der Waals surface area contributed by atoms with Crippen molar-refractivity contribution >= 4 is 29.1 Å². The van der Waals surface area contributed by atoms with Crippen molar-refractivity contribution in [3.05, 3.63) is 28.8 Å². The molecule has 1 saturated carbocycles. The molecule has 0 radical (unpaired) electrons. The highest BCUT2D eigenvalue weighted by atomic mass is 35.5. The van der Waals surface area contributed by atoms with Crippen LogP contribution in [-0.2, 0) is 6.18 Å². The van der Waals surface area contributed by atoms with Crippen molar-refractivity contribution in [3.63, 3.8) is 0 Å². The predicted molar refractivity (Wildman–Crippen MR) is 70.4 cm³/mol. The molecule has 0 bridgehead atoms. The number of rotatable bonds is 4. The average molecular weight is 296 g/mol. The Hall–Kier alpha value is -0.550. The number of alkyl halides is 3. The third kappa shape index (κ3) is 3.06. The zero-order chi connectivity index (χ0) is 13.4. The van der Waals surface area contributed by atoms with Crippen molar-refractivity contribution in [2.24, 2.45) is 0 Å². The highest BCUT2D eigenvalue weighted by molar-refractivity contribution is 8.00. The molecular formula is C12H13ClF3NS. The maximum Gasteiger partial charge on any atom is 0.417 e. The summed E-state index contributed by atoms with van der Waals surface area (Å²) in [5, 5.41) is 2.79. The molecular weight excluding hydrogens is 283 g/mol. The van der Waals surface area contributed by atoms with Crippen LogP contribution in [0.25, 0.3) is 0 Å². The highest BCUT2D eigenvalue weighted by Gasteiger charge is 2.41. The van der Waals surface area contributed by atoms with Crippen molar-refractivity contribution < 1.29 is 13.2 Å². The van der Waals surface area contributed by atoms with Crippen molar-refractivity contribution in [2.75, 3.05) is 18.1 Å². The van der Waals surface area contributed by atoms with Gasteiger partial charge < -0.3 is 5.32 Å². The highest BCUT2D eigenvalue weighted by Crippen LogP contribution is 2.47. The topological polar surface area (TPSA) is 12.0 Å². The SMILES string of the molecule is CSC1(CNc2ccc(Cl)c(C(F)(F)F)c2)CC1. The summed E-state index contributed by atoms with van der Waals surface area (Å²) in [6, 6.07) is 3.93. The molecule has 1 fully saturated rings. The van der Waals surface area contributed by atoms with Gasteiger partial charge in [0.2, 0.25) is 0 Å². The summed E-state index contributed by atoms with van der Waals surface area (Å²) in [6.45, 7) is 0.688. The molecule has 18 heavy (non-hydrogen) atoms. The van der Waals surface area contributed by atoms with E-state index in [1.54, 1.807) is 17.8 Å². The summed E-state index contributed by atoms with van der Waals surface area (Å²) in [6.07, 6.45) is -0.162. The molecule has 0 aliphatic heterocycles. The van der Waals surface area contributed by atoms with E-state index in [1.165, 1.54) is 6.07 Å². The Labute approximate surface area is 113 Å². The fraction of sp³-hybridized carbons (Fsp3) is 0.500. The molecule has 1 N–H and O–H groups in total. The summed E-state index contributed by atoms with van der Waals surface area (Å²) >= 11 is 7.32. The van der Waals surface area contributed by atoms with E-state index in [2.05, 4.69) is 5.32 Å². The van der Waals surface area contributed by atoms with Crippen LogP contribution in [0.3, 0.4) is 0 Å². The number of anilines is 1. The van der Waals surface area contributed by atoms with Gasteiger partial charge >= 0.3 is 6.18 Å². The van der Waals surface area contributed by atoms with Crippen LogP contribution < -0.4 is 5.32 Å². The minimum Gasteiger partial charge on any atom is -0.384 e. The monoisotopic (exact) mass is 295 g/mol. The van der Waals surface area contributed by atoms with E-state index in [4.69, 9.17) is 11.6 Å². The number of nitrogens with one attached hydrogen (secondary N) is 1. The summed E-state index contributed by atoms with van der Waals surface area (Å²) in [7, 11) is 0. The molecule has 0 atom stereocenters.